The van der Waals surface area contributed by atoms with E-state index in [2.05, 4.69) is 24.9 Å². The molecule has 1 atom stereocenters. The van der Waals surface area contributed by atoms with Crippen LogP contribution in [0, 0.1) is 5.92 Å². The van der Waals surface area contributed by atoms with Gasteiger partial charge in [0.05, 0.1) is 18.5 Å². The summed E-state index contributed by atoms with van der Waals surface area (Å²) in [6, 6.07) is 2.73. The number of fused-ring (bicyclic) bond motifs is 1. The van der Waals surface area contributed by atoms with Gasteiger partial charge in [-0.3, -0.25) is 9.38 Å². The number of pyridine rings is 1. The quantitative estimate of drug-likeness (QED) is 0.529. The minimum atomic E-state index is -4.48. The number of ether oxygens (including phenoxy) is 2. The molecular weight excluding hydrogens is 413 g/mol. The van der Waals surface area contributed by atoms with Gasteiger partial charge in [0.25, 0.3) is 0 Å². The number of aromatic nitrogens is 5. The Bertz CT molecular complexity index is 1030. The van der Waals surface area contributed by atoms with E-state index in [4.69, 9.17) is 4.74 Å². The summed E-state index contributed by atoms with van der Waals surface area (Å²) < 4.78 is 78.0. The van der Waals surface area contributed by atoms with E-state index in [0.717, 1.165) is 4.40 Å². The van der Waals surface area contributed by atoms with Crippen molar-refractivity contribution in [2.24, 2.45) is 5.92 Å². The Morgan fingerprint density at radius 2 is 1.87 bits per heavy atom. The molecule has 7 nitrogen and oxygen atoms in total. The molecule has 0 bridgehead atoms. The second kappa shape index (κ2) is 7.42. The molecule has 0 spiro atoms. The highest BCUT2D eigenvalue weighted by Crippen LogP contribution is 2.42. The summed E-state index contributed by atoms with van der Waals surface area (Å²) in [4.78, 5) is 8.03. The highest BCUT2D eigenvalue weighted by atomic mass is 19.4. The monoisotopic (exact) mass is 429 g/mol. The molecule has 0 radical (unpaired) electrons. The molecule has 30 heavy (non-hydrogen) atoms. The van der Waals surface area contributed by atoms with Crippen LogP contribution in [0.25, 0.3) is 16.9 Å². The van der Waals surface area contributed by atoms with Gasteiger partial charge in [-0.25, -0.2) is 4.98 Å². The predicted octanol–water partition coefficient (Wildman–Crippen LogP) is 3.99. The van der Waals surface area contributed by atoms with Gasteiger partial charge in [-0.1, -0.05) is 0 Å². The first-order chi connectivity index (χ1) is 14.2. The molecule has 0 amide bonds. The van der Waals surface area contributed by atoms with Gasteiger partial charge in [0, 0.05) is 29.9 Å². The van der Waals surface area contributed by atoms with Gasteiger partial charge in [0.2, 0.25) is 11.7 Å². The van der Waals surface area contributed by atoms with Gasteiger partial charge < -0.3 is 9.47 Å². The van der Waals surface area contributed by atoms with Crippen LogP contribution < -0.4 is 4.74 Å². The lowest BCUT2D eigenvalue weighted by atomic mass is 10.2. The van der Waals surface area contributed by atoms with Crippen molar-refractivity contribution in [1.29, 1.82) is 0 Å². The molecule has 3 aromatic heterocycles. The number of nitrogens with zero attached hydrogens (tertiary/aromatic N) is 5. The molecule has 0 aromatic carbocycles. The number of hydrogen-bond donors (Lipinski definition) is 0. The van der Waals surface area contributed by atoms with Crippen LogP contribution in [0.3, 0.4) is 0 Å². The third kappa shape index (κ3) is 4.04. The summed E-state index contributed by atoms with van der Waals surface area (Å²) in [6.45, 7) is 1.19. The van der Waals surface area contributed by atoms with Crippen LogP contribution in [-0.2, 0) is 10.8 Å². The number of alkyl halides is 5. The van der Waals surface area contributed by atoms with Crippen LogP contribution in [0.15, 0.2) is 30.7 Å². The molecule has 1 aliphatic carbocycles. The first-order valence-electron chi connectivity index (χ1n) is 9.12. The summed E-state index contributed by atoms with van der Waals surface area (Å²) in [7, 11) is 0. The van der Waals surface area contributed by atoms with Gasteiger partial charge in [0.1, 0.15) is 0 Å². The van der Waals surface area contributed by atoms with E-state index in [1.807, 2.05) is 0 Å². The molecule has 0 unspecified atom stereocenters. The van der Waals surface area contributed by atoms with Crippen molar-refractivity contribution < 1.29 is 31.4 Å². The number of halogens is 5. The lowest BCUT2D eigenvalue weighted by molar-refractivity contribution is -0.251. The van der Waals surface area contributed by atoms with Gasteiger partial charge >= 0.3 is 12.3 Å². The molecule has 3 heterocycles. The summed E-state index contributed by atoms with van der Waals surface area (Å²) in [5, 5.41) is 7.11. The zero-order valence-corrected chi connectivity index (χ0v) is 15.6. The van der Waals surface area contributed by atoms with Crippen LogP contribution in [-0.4, -0.2) is 43.5 Å². The molecule has 160 valence electrons. The lowest BCUT2D eigenvalue weighted by Crippen LogP contribution is -2.36. The highest BCUT2D eigenvalue weighted by molar-refractivity contribution is 5.59. The molecule has 1 aliphatic rings. The minimum absolute atomic E-state index is 0.0819. The molecule has 3 aromatic rings. The fourth-order valence-electron chi connectivity index (χ4n) is 2.96. The lowest BCUT2D eigenvalue weighted by Gasteiger charge is -2.20. The Hall–Kier alpha value is -2.89. The van der Waals surface area contributed by atoms with Crippen molar-refractivity contribution in [2.75, 3.05) is 6.61 Å². The SMILES string of the molecule is CCOC(F)(F)c1nnc2cnc(-c3ccc(O[C@H](C4CC4)C(F)(F)F)nc3)cn12. The van der Waals surface area contributed by atoms with Gasteiger partial charge in [-0.05, 0) is 25.8 Å². The van der Waals surface area contributed by atoms with Crippen LogP contribution >= 0.6 is 0 Å². The molecule has 1 fully saturated rings. The van der Waals surface area contributed by atoms with Crippen LogP contribution in [0.2, 0.25) is 0 Å². The summed E-state index contributed by atoms with van der Waals surface area (Å²) >= 11 is 0. The maximum Gasteiger partial charge on any atom is 0.425 e. The van der Waals surface area contributed by atoms with E-state index in [1.54, 1.807) is 0 Å². The maximum absolute atomic E-state index is 14.1. The fraction of sp³-hybridized carbons (Fsp3) is 0.444. The van der Waals surface area contributed by atoms with Crippen LogP contribution in [0.1, 0.15) is 25.6 Å². The van der Waals surface area contributed by atoms with E-state index >= 15 is 0 Å². The zero-order chi connectivity index (χ0) is 21.5. The summed E-state index contributed by atoms with van der Waals surface area (Å²) in [5.41, 5.74) is 0.710. The van der Waals surface area contributed by atoms with E-state index in [-0.39, 0.29) is 23.8 Å². The Balaban J connectivity index is 1.60. The van der Waals surface area contributed by atoms with Crippen molar-refractivity contribution in [3.63, 3.8) is 0 Å². The second-order valence-corrected chi connectivity index (χ2v) is 6.78. The third-order valence-corrected chi connectivity index (χ3v) is 4.53. The van der Waals surface area contributed by atoms with Crippen molar-refractivity contribution in [3.05, 3.63) is 36.5 Å². The van der Waals surface area contributed by atoms with Crippen molar-refractivity contribution >= 4 is 5.65 Å². The van der Waals surface area contributed by atoms with Crippen LogP contribution in [0.5, 0.6) is 5.88 Å². The Kier molecular flexibility index (Phi) is 5.04. The largest absolute Gasteiger partial charge is 0.464 e. The molecule has 12 heteroatoms. The predicted molar refractivity (Wildman–Crippen MR) is 92.7 cm³/mol. The molecule has 0 N–H and O–H groups in total. The normalized spacial score (nSPS) is 16.1. The first-order valence-corrected chi connectivity index (χ1v) is 9.12. The van der Waals surface area contributed by atoms with Crippen molar-refractivity contribution in [1.82, 2.24) is 24.6 Å². The molecule has 1 saturated carbocycles. The van der Waals surface area contributed by atoms with Gasteiger partial charge in [-0.2, -0.15) is 22.0 Å². The third-order valence-electron chi connectivity index (χ3n) is 4.53. The Labute approximate surface area is 166 Å². The van der Waals surface area contributed by atoms with Gasteiger partial charge in [-0.15, -0.1) is 10.2 Å². The Morgan fingerprint density at radius 3 is 2.47 bits per heavy atom. The smallest absolute Gasteiger partial charge is 0.425 e. The summed E-state index contributed by atoms with van der Waals surface area (Å²) in [5.74, 6) is -1.45. The molecule has 4 rings (SSSR count). The van der Waals surface area contributed by atoms with E-state index in [9.17, 15) is 22.0 Å². The van der Waals surface area contributed by atoms with Crippen molar-refractivity contribution in [3.8, 4) is 17.1 Å². The standard InChI is InChI=1S/C18H16F5N5O2/c1-2-29-18(22,23)16-27-26-13-8-24-12(9-28(13)16)11-5-6-14(25-7-11)30-15(10-3-4-10)17(19,20)21/h5-10,15H,2-4H2,1H3/t15-/m1/s1. The molecular formula is C18H16F5N5O2. The van der Waals surface area contributed by atoms with Crippen LogP contribution in [0.4, 0.5) is 22.0 Å². The topological polar surface area (TPSA) is 74.4 Å². The van der Waals surface area contributed by atoms with E-state index in [0.29, 0.717) is 18.4 Å². The molecule has 0 saturated heterocycles. The average molecular weight is 429 g/mol. The first kappa shape index (κ1) is 20.4. The van der Waals surface area contributed by atoms with E-state index < -0.39 is 30.1 Å². The molecule has 0 aliphatic heterocycles. The van der Waals surface area contributed by atoms with Gasteiger partial charge in [0.15, 0.2) is 11.8 Å². The Morgan fingerprint density at radius 1 is 1.10 bits per heavy atom. The maximum atomic E-state index is 14.1. The fourth-order valence-corrected chi connectivity index (χ4v) is 2.96. The van der Waals surface area contributed by atoms with E-state index in [1.165, 1.54) is 37.6 Å². The van der Waals surface area contributed by atoms with Crippen molar-refractivity contribution in [2.45, 2.75) is 38.2 Å². The number of hydrogen-bond acceptors (Lipinski definition) is 6. The summed E-state index contributed by atoms with van der Waals surface area (Å²) in [6.07, 6.45) is -5.34. The zero-order valence-electron chi connectivity index (χ0n) is 15.6. The number of rotatable bonds is 7. The average Bonchev–Trinajstić information content (AvgIpc) is 3.42. The highest BCUT2D eigenvalue weighted by Gasteiger charge is 2.51. The minimum Gasteiger partial charge on any atom is -0.464 e. The second-order valence-electron chi connectivity index (χ2n) is 6.78.